The van der Waals surface area contributed by atoms with Crippen LogP contribution in [0.25, 0.3) is 66.1 Å². The summed E-state index contributed by atoms with van der Waals surface area (Å²) in [6.07, 6.45) is 9.82. The molecular weight excluding hydrogens is 697 g/mol. The van der Waals surface area contributed by atoms with Crippen LogP contribution >= 0.6 is 0 Å². The molecule has 0 fully saturated rings. The van der Waals surface area contributed by atoms with Crippen molar-refractivity contribution >= 4 is 43.8 Å². The van der Waals surface area contributed by atoms with Crippen molar-refractivity contribution in [2.75, 3.05) is 0 Å². The van der Waals surface area contributed by atoms with Gasteiger partial charge in [0.1, 0.15) is 0 Å². The lowest BCUT2D eigenvalue weighted by Crippen LogP contribution is -2.17. The van der Waals surface area contributed by atoms with Gasteiger partial charge >= 0.3 is 0 Å². The minimum absolute atomic E-state index is 0.00223. The van der Waals surface area contributed by atoms with Crippen LogP contribution in [0.1, 0.15) is 128 Å². The third kappa shape index (κ3) is 5.54. The molecule has 0 aromatic heterocycles. The van der Waals surface area contributed by atoms with Crippen LogP contribution in [0.5, 0.6) is 0 Å². The fourth-order valence-electron chi connectivity index (χ4n) is 10.4. The lowest BCUT2D eigenvalue weighted by Gasteiger charge is -2.30. The lowest BCUT2D eigenvalue weighted by atomic mass is 9.72. The van der Waals surface area contributed by atoms with Crippen molar-refractivity contribution in [3.8, 4) is 22.3 Å². The fourth-order valence-corrected chi connectivity index (χ4v) is 10.4. The largest absolute Gasteiger partial charge is 0.0616 e. The summed E-state index contributed by atoms with van der Waals surface area (Å²) in [6, 6.07) is 38.5. The number of fused-ring (bicyclic) bond motifs is 8. The predicted octanol–water partition coefficient (Wildman–Crippen LogP) is 16.0. The molecule has 0 N–H and O–H groups in total. The highest BCUT2D eigenvalue weighted by atomic mass is 14.5. The second-order valence-corrected chi connectivity index (χ2v) is 21.8. The normalized spacial score (nSPS) is 18.4. The maximum Gasteiger partial charge on any atom is 0.0211 e. The standard InChI is InChI=1S/C58H58/c1-55(2,3)35-25-33(26-36(29-35)56(4,5)6)51-41-19-15-16-20-42(41)52(34-27-37(57(7,8)9)30-38(28-34)58(10,11)12)50-32-48-46-24-22-44-40-18-14-13-17-39(40)43-21-23-45(54(46)53(43)44)47(48)31-49(50)51/h13-32,53-54H,1-12H3. The van der Waals surface area contributed by atoms with E-state index in [4.69, 9.17) is 0 Å². The van der Waals surface area contributed by atoms with Crippen LogP contribution in [0.3, 0.4) is 0 Å². The van der Waals surface area contributed by atoms with Gasteiger partial charge in [0.15, 0.2) is 0 Å². The zero-order valence-corrected chi connectivity index (χ0v) is 36.7. The topological polar surface area (TPSA) is 0 Å². The van der Waals surface area contributed by atoms with Gasteiger partial charge in [-0.15, -0.1) is 0 Å². The Hall–Kier alpha value is -5.20. The third-order valence-corrected chi connectivity index (χ3v) is 13.8. The molecule has 0 nitrogen and oxygen atoms in total. The molecule has 0 heteroatoms. The second kappa shape index (κ2) is 12.2. The highest BCUT2D eigenvalue weighted by Gasteiger charge is 2.47. The van der Waals surface area contributed by atoms with E-state index in [2.05, 4.69) is 204 Å². The molecule has 6 aromatic carbocycles. The van der Waals surface area contributed by atoms with E-state index in [0.29, 0.717) is 11.8 Å². The number of benzene rings is 6. The molecule has 58 heavy (non-hydrogen) atoms. The van der Waals surface area contributed by atoms with Crippen molar-refractivity contribution in [3.63, 3.8) is 0 Å². The third-order valence-electron chi connectivity index (χ3n) is 13.8. The van der Waals surface area contributed by atoms with Crippen LogP contribution in [0.15, 0.2) is 121 Å². The zero-order chi connectivity index (χ0) is 40.8. The van der Waals surface area contributed by atoms with E-state index in [1.807, 2.05) is 0 Å². The average Bonchev–Trinajstić information content (AvgIpc) is 3.66. The first-order valence-electron chi connectivity index (χ1n) is 21.6. The quantitative estimate of drug-likeness (QED) is 0.154. The Morgan fingerprint density at radius 1 is 0.310 bits per heavy atom. The van der Waals surface area contributed by atoms with Crippen molar-refractivity contribution in [2.45, 2.75) is 105 Å². The minimum Gasteiger partial charge on any atom is -0.0616 e. The van der Waals surface area contributed by atoms with Gasteiger partial charge in [-0.1, -0.05) is 192 Å². The van der Waals surface area contributed by atoms with Gasteiger partial charge in [0, 0.05) is 11.8 Å². The molecule has 0 saturated carbocycles. The van der Waals surface area contributed by atoms with Crippen molar-refractivity contribution < 1.29 is 0 Å². The Bertz CT molecular complexity index is 2640. The van der Waals surface area contributed by atoms with Crippen molar-refractivity contribution in [2.24, 2.45) is 11.8 Å². The summed E-state index contributed by atoms with van der Waals surface area (Å²) in [5.41, 5.74) is 22.4. The SMILES string of the molecule is CC(C)(C)c1cc(-c2c3ccccc3c(-c3cc(C(C)(C)C)cc(C(C)(C)C)c3)c3cc4c(cc23)C2=CC=C3c5ccccc5C5=CC=C4C2C35)cc(C(C)(C)C)c1. The number of rotatable bonds is 2. The van der Waals surface area contributed by atoms with Crippen LogP contribution in [-0.4, -0.2) is 0 Å². The van der Waals surface area contributed by atoms with Crippen LogP contribution in [0, 0.1) is 11.8 Å². The first-order valence-corrected chi connectivity index (χ1v) is 21.6. The van der Waals surface area contributed by atoms with E-state index < -0.39 is 0 Å². The molecule has 0 aliphatic heterocycles. The highest BCUT2D eigenvalue weighted by Crippen LogP contribution is 2.63. The molecule has 290 valence electrons. The molecule has 0 radical (unpaired) electrons. The molecule has 0 unspecified atom stereocenters. The zero-order valence-electron chi connectivity index (χ0n) is 36.7. The molecule has 6 aromatic rings. The van der Waals surface area contributed by atoms with Gasteiger partial charge in [0.25, 0.3) is 0 Å². The molecule has 0 saturated heterocycles. The van der Waals surface area contributed by atoms with Gasteiger partial charge in [0.2, 0.25) is 0 Å². The monoisotopic (exact) mass is 754 g/mol. The second-order valence-electron chi connectivity index (χ2n) is 21.8. The Balaban J connectivity index is 1.35. The van der Waals surface area contributed by atoms with E-state index in [-0.39, 0.29) is 21.7 Å². The van der Waals surface area contributed by atoms with Gasteiger partial charge < -0.3 is 0 Å². The summed E-state index contributed by atoms with van der Waals surface area (Å²) in [7, 11) is 0. The van der Waals surface area contributed by atoms with E-state index in [0.717, 1.165) is 0 Å². The molecule has 10 rings (SSSR count). The molecule has 0 amide bonds. The van der Waals surface area contributed by atoms with Gasteiger partial charge in [0.05, 0.1) is 0 Å². The summed E-state index contributed by atoms with van der Waals surface area (Å²) >= 11 is 0. The number of hydrogen-bond acceptors (Lipinski definition) is 0. The van der Waals surface area contributed by atoms with Gasteiger partial charge in [-0.25, -0.2) is 0 Å². The average molecular weight is 755 g/mol. The maximum absolute atomic E-state index is 2.61. The van der Waals surface area contributed by atoms with Gasteiger partial charge in [-0.05, 0) is 144 Å². The van der Waals surface area contributed by atoms with Crippen LogP contribution < -0.4 is 0 Å². The maximum atomic E-state index is 2.61. The first kappa shape index (κ1) is 37.1. The molecule has 4 aliphatic rings. The Morgan fingerprint density at radius 3 is 0.914 bits per heavy atom. The molecular formula is C58H58. The summed E-state index contributed by atoms with van der Waals surface area (Å²) in [4.78, 5) is 0. The highest BCUT2D eigenvalue weighted by molar-refractivity contribution is 6.23. The lowest BCUT2D eigenvalue weighted by molar-refractivity contribution is 0.568. The molecule has 0 spiro atoms. The van der Waals surface area contributed by atoms with Crippen molar-refractivity contribution in [1.29, 1.82) is 0 Å². The number of allylic oxidation sites excluding steroid dienone is 8. The van der Waals surface area contributed by atoms with E-state index >= 15 is 0 Å². The summed E-state index contributed by atoms with van der Waals surface area (Å²) in [5.74, 6) is 0.690. The molecule has 0 atom stereocenters. The van der Waals surface area contributed by atoms with E-state index in [9.17, 15) is 0 Å². The fraction of sp³-hybridized carbons (Fsp3) is 0.310. The summed E-state index contributed by atoms with van der Waals surface area (Å²) in [5, 5.41) is 5.32. The Labute approximate surface area is 347 Å². The molecule has 0 bridgehead atoms. The molecule has 4 aliphatic carbocycles. The smallest absolute Gasteiger partial charge is 0.0211 e. The van der Waals surface area contributed by atoms with Crippen LogP contribution in [-0.2, 0) is 21.7 Å². The Kier molecular flexibility index (Phi) is 7.78. The van der Waals surface area contributed by atoms with Crippen molar-refractivity contribution in [3.05, 3.63) is 166 Å². The summed E-state index contributed by atoms with van der Waals surface area (Å²) < 4.78 is 0. The van der Waals surface area contributed by atoms with E-state index in [1.54, 1.807) is 0 Å². The predicted molar refractivity (Wildman–Crippen MR) is 252 cm³/mol. The number of hydrogen-bond donors (Lipinski definition) is 0. The minimum atomic E-state index is 0.00223. The Morgan fingerprint density at radius 2 is 0.603 bits per heavy atom. The van der Waals surface area contributed by atoms with Crippen LogP contribution in [0.2, 0.25) is 0 Å². The van der Waals surface area contributed by atoms with Gasteiger partial charge in [-0.2, -0.15) is 0 Å². The van der Waals surface area contributed by atoms with Crippen molar-refractivity contribution in [1.82, 2.24) is 0 Å². The summed E-state index contributed by atoms with van der Waals surface area (Å²) in [6.45, 7) is 28.3. The first-order chi connectivity index (χ1) is 27.3. The van der Waals surface area contributed by atoms with Crippen LogP contribution in [0.4, 0.5) is 0 Å². The van der Waals surface area contributed by atoms with E-state index in [1.165, 1.54) is 111 Å². The molecule has 0 heterocycles. The van der Waals surface area contributed by atoms with Gasteiger partial charge in [-0.3, -0.25) is 0 Å².